The molecule has 0 bridgehead atoms. The van der Waals surface area contributed by atoms with Crippen molar-refractivity contribution in [3.8, 4) is 0 Å². The third-order valence-corrected chi connectivity index (χ3v) is 4.61. The SMILES string of the molecule is CSc1ccccc1NS(=O)(=O)C(C)C(=O)O. The Morgan fingerprint density at radius 2 is 2.00 bits per heavy atom. The normalized spacial score (nSPS) is 13.1. The van der Waals surface area contributed by atoms with Gasteiger partial charge >= 0.3 is 5.97 Å². The Balaban J connectivity index is 3.02. The van der Waals surface area contributed by atoms with Crippen molar-refractivity contribution < 1.29 is 18.3 Å². The first-order chi connectivity index (χ1) is 7.88. The zero-order valence-corrected chi connectivity index (χ0v) is 11.0. The van der Waals surface area contributed by atoms with Crippen LogP contribution in [-0.2, 0) is 14.8 Å². The molecule has 0 radical (unpaired) electrons. The Hall–Kier alpha value is -1.21. The molecule has 0 aromatic heterocycles. The van der Waals surface area contributed by atoms with Crippen LogP contribution in [0.1, 0.15) is 6.92 Å². The molecule has 0 amide bonds. The van der Waals surface area contributed by atoms with Gasteiger partial charge in [-0.05, 0) is 25.3 Å². The predicted molar refractivity (Wildman–Crippen MR) is 67.9 cm³/mol. The maximum Gasteiger partial charge on any atom is 0.323 e. The van der Waals surface area contributed by atoms with Crippen LogP contribution in [0.2, 0.25) is 0 Å². The molecule has 0 aliphatic rings. The van der Waals surface area contributed by atoms with Gasteiger partial charge in [0.1, 0.15) is 0 Å². The highest BCUT2D eigenvalue weighted by Gasteiger charge is 2.27. The highest BCUT2D eigenvalue weighted by molar-refractivity contribution is 7.99. The van der Waals surface area contributed by atoms with E-state index in [0.29, 0.717) is 5.69 Å². The number of carboxylic acids is 1. The Kier molecular flexibility index (Phi) is 4.41. The van der Waals surface area contributed by atoms with Crippen LogP contribution in [0, 0.1) is 0 Å². The number of hydrogen-bond donors (Lipinski definition) is 2. The van der Waals surface area contributed by atoms with Crippen LogP contribution in [0.15, 0.2) is 29.2 Å². The topological polar surface area (TPSA) is 83.5 Å². The number of anilines is 1. The molecule has 0 saturated heterocycles. The van der Waals surface area contributed by atoms with Gasteiger partial charge in [-0.15, -0.1) is 11.8 Å². The lowest BCUT2D eigenvalue weighted by molar-refractivity contribution is -0.136. The van der Waals surface area contributed by atoms with Gasteiger partial charge in [0.15, 0.2) is 5.25 Å². The summed E-state index contributed by atoms with van der Waals surface area (Å²) in [6.45, 7) is 1.13. The summed E-state index contributed by atoms with van der Waals surface area (Å²) < 4.78 is 25.7. The van der Waals surface area contributed by atoms with Gasteiger partial charge in [-0.25, -0.2) is 8.42 Å². The van der Waals surface area contributed by atoms with Gasteiger partial charge in [0.2, 0.25) is 10.0 Å². The molecule has 1 unspecified atom stereocenters. The van der Waals surface area contributed by atoms with E-state index >= 15 is 0 Å². The number of carbonyl (C=O) groups is 1. The van der Waals surface area contributed by atoms with E-state index in [4.69, 9.17) is 5.11 Å². The van der Waals surface area contributed by atoms with Crippen molar-refractivity contribution in [2.24, 2.45) is 0 Å². The van der Waals surface area contributed by atoms with Gasteiger partial charge in [0.25, 0.3) is 0 Å². The summed E-state index contributed by atoms with van der Waals surface area (Å²) in [6, 6.07) is 6.82. The summed E-state index contributed by atoms with van der Waals surface area (Å²) in [5.74, 6) is -1.38. The Morgan fingerprint density at radius 1 is 1.41 bits per heavy atom. The van der Waals surface area contributed by atoms with Crippen molar-refractivity contribution in [3.05, 3.63) is 24.3 Å². The van der Waals surface area contributed by atoms with Crippen LogP contribution in [0.4, 0.5) is 5.69 Å². The highest BCUT2D eigenvalue weighted by atomic mass is 32.2. The fourth-order valence-electron chi connectivity index (χ4n) is 1.10. The van der Waals surface area contributed by atoms with Crippen molar-refractivity contribution in [3.63, 3.8) is 0 Å². The summed E-state index contributed by atoms with van der Waals surface area (Å²) >= 11 is 1.38. The second-order valence-electron chi connectivity index (χ2n) is 3.33. The van der Waals surface area contributed by atoms with Crippen molar-refractivity contribution >= 4 is 33.4 Å². The minimum Gasteiger partial charge on any atom is -0.480 e. The number of sulfonamides is 1. The van der Waals surface area contributed by atoms with Crippen molar-refractivity contribution in [2.75, 3.05) is 11.0 Å². The van der Waals surface area contributed by atoms with Gasteiger partial charge in [0.05, 0.1) is 5.69 Å². The van der Waals surface area contributed by atoms with Crippen molar-refractivity contribution in [2.45, 2.75) is 17.1 Å². The van der Waals surface area contributed by atoms with Crippen LogP contribution in [-0.4, -0.2) is 31.0 Å². The number of nitrogens with one attached hydrogen (secondary N) is 1. The van der Waals surface area contributed by atoms with Crippen LogP contribution in [0.25, 0.3) is 0 Å². The molecule has 1 atom stereocenters. The van der Waals surface area contributed by atoms with E-state index in [2.05, 4.69) is 4.72 Å². The second-order valence-corrected chi connectivity index (χ2v) is 6.18. The molecule has 0 saturated carbocycles. The van der Waals surface area contributed by atoms with Crippen LogP contribution >= 0.6 is 11.8 Å². The number of aliphatic carboxylic acids is 1. The molecule has 0 aliphatic carbocycles. The molecule has 94 valence electrons. The quantitative estimate of drug-likeness (QED) is 0.798. The largest absolute Gasteiger partial charge is 0.480 e. The van der Waals surface area contributed by atoms with E-state index in [1.165, 1.54) is 11.8 Å². The van der Waals surface area contributed by atoms with Gasteiger partial charge in [-0.3, -0.25) is 9.52 Å². The summed E-state index contributed by atoms with van der Waals surface area (Å²) in [5.41, 5.74) is 0.396. The van der Waals surface area contributed by atoms with Gasteiger partial charge < -0.3 is 5.11 Å². The average Bonchev–Trinajstić information content (AvgIpc) is 2.28. The molecular formula is C10H13NO4S2. The van der Waals surface area contributed by atoms with Gasteiger partial charge in [-0.1, -0.05) is 12.1 Å². The average molecular weight is 275 g/mol. The lowest BCUT2D eigenvalue weighted by Gasteiger charge is -2.13. The summed E-state index contributed by atoms with van der Waals surface area (Å²) in [7, 11) is -3.91. The fraction of sp³-hybridized carbons (Fsp3) is 0.300. The molecule has 2 N–H and O–H groups in total. The molecule has 0 heterocycles. The third-order valence-electron chi connectivity index (χ3n) is 2.17. The minimum absolute atomic E-state index is 0.396. The highest BCUT2D eigenvalue weighted by Crippen LogP contribution is 2.26. The van der Waals surface area contributed by atoms with E-state index in [0.717, 1.165) is 11.8 Å². The Morgan fingerprint density at radius 3 is 2.53 bits per heavy atom. The molecule has 17 heavy (non-hydrogen) atoms. The van der Waals surface area contributed by atoms with E-state index < -0.39 is 21.2 Å². The zero-order chi connectivity index (χ0) is 13.1. The third kappa shape index (κ3) is 3.37. The predicted octanol–water partition coefficient (Wildman–Crippen LogP) is 1.62. The number of rotatable bonds is 5. The van der Waals surface area contributed by atoms with Gasteiger partial charge in [-0.2, -0.15) is 0 Å². The lowest BCUT2D eigenvalue weighted by atomic mass is 10.3. The molecule has 1 rings (SSSR count). The molecule has 0 spiro atoms. The maximum atomic E-state index is 11.7. The molecule has 1 aromatic rings. The first-order valence-corrected chi connectivity index (χ1v) is 7.53. The first-order valence-electron chi connectivity index (χ1n) is 4.76. The summed E-state index contributed by atoms with van der Waals surface area (Å²) in [5, 5.41) is 7.21. The molecule has 0 aliphatic heterocycles. The van der Waals surface area contributed by atoms with E-state index in [-0.39, 0.29) is 0 Å². The Labute approximate surface area is 104 Å². The lowest BCUT2D eigenvalue weighted by Crippen LogP contribution is -2.32. The van der Waals surface area contributed by atoms with Gasteiger partial charge in [0, 0.05) is 4.90 Å². The van der Waals surface area contributed by atoms with Crippen molar-refractivity contribution in [1.29, 1.82) is 0 Å². The standard InChI is InChI=1S/C10H13NO4S2/c1-7(10(12)13)17(14,15)11-8-5-3-4-6-9(8)16-2/h3-7,11H,1-2H3,(H,12,13). The van der Waals surface area contributed by atoms with Crippen LogP contribution in [0.3, 0.4) is 0 Å². The molecular weight excluding hydrogens is 262 g/mol. The van der Waals surface area contributed by atoms with Crippen LogP contribution in [0.5, 0.6) is 0 Å². The number of carboxylic acid groups (broad SMARTS) is 1. The monoisotopic (exact) mass is 275 g/mol. The van der Waals surface area contributed by atoms with E-state index in [9.17, 15) is 13.2 Å². The van der Waals surface area contributed by atoms with Crippen LogP contribution < -0.4 is 4.72 Å². The van der Waals surface area contributed by atoms with E-state index in [1.807, 2.05) is 6.26 Å². The smallest absolute Gasteiger partial charge is 0.323 e. The first kappa shape index (κ1) is 13.9. The molecule has 0 fully saturated rings. The maximum absolute atomic E-state index is 11.7. The second kappa shape index (κ2) is 5.42. The minimum atomic E-state index is -3.91. The number of hydrogen-bond acceptors (Lipinski definition) is 4. The number of benzene rings is 1. The summed E-state index contributed by atoms with van der Waals surface area (Å²) in [4.78, 5) is 11.4. The number of thioether (sulfide) groups is 1. The van der Waals surface area contributed by atoms with Crippen molar-refractivity contribution in [1.82, 2.24) is 0 Å². The number of para-hydroxylation sites is 1. The molecule has 1 aromatic carbocycles. The zero-order valence-electron chi connectivity index (χ0n) is 9.38. The molecule has 7 heteroatoms. The molecule has 5 nitrogen and oxygen atoms in total. The Bertz CT molecular complexity index is 513. The fourth-order valence-corrected chi connectivity index (χ4v) is 2.65. The van der Waals surface area contributed by atoms with E-state index in [1.54, 1.807) is 24.3 Å². The summed E-state index contributed by atoms with van der Waals surface area (Å²) in [6.07, 6.45) is 1.81.